The molecule has 0 unspecified atom stereocenters. The lowest BCUT2D eigenvalue weighted by Gasteiger charge is -2.28. The molecule has 0 spiro atoms. The highest BCUT2D eigenvalue weighted by atomic mass is 32.1. The zero-order chi connectivity index (χ0) is 26.8. The summed E-state index contributed by atoms with van der Waals surface area (Å²) in [6.07, 6.45) is 3.70. The van der Waals surface area contributed by atoms with Crippen LogP contribution < -0.4 is 10.6 Å². The van der Waals surface area contributed by atoms with Crippen molar-refractivity contribution >= 4 is 28.9 Å². The normalized spacial score (nSPS) is 16.9. The van der Waals surface area contributed by atoms with E-state index >= 15 is 0 Å². The van der Waals surface area contributed by atoms with Crippen LogP contribution in [0.1, 0.15) is 46.7 Å². The van der Waals surface area contributed by atoms with E-state index in [2.05, 4.69) is 45.1 Å². The van der Waals surface area contributed by atoms with Gasteiger partial charge in [0.25, 0.3) is 0 Å². The molecule has 0 radical (unpaired) electrons. The zero-order valence-electron chi connectivity index (χ0n) is 21.5. The topological polar surface area (TPSA) is 75.1 Å². The Morgan fingerprint density at radius 3 is 2.55 bits per heavy atom. The van der Waals surface area contributed by atoms with Gasteiger partial charge < -0.3 is 20.1 Å². The van der Waals surface area contributed by atoms with Gasteiger partial charge in [-0.25, -0.2) is 9.37 Å². The van der Waals surface area contributed by atoms with Crippen LogP contribution in [0.3, 0.4) is 0 Å². The molecule has 1 saturated heterocycles. The number of carbonyl (C=O) groups is 1. The fourth-order valence-corrected chi connectivity index (χ4v) is 5.44. The third-order valence-electron chi connectivity index (χ3n) is 6.91. The van der Waals surface area contributed by atoms with Crippen molar-refractivity contribution in [3.8, 4) is 5.82 Å². The van der Waals surface area contributed by atoms with Crippen LogP contribution in [0.5, 0.6) is 0 Å². The molecule has 4 aromatic rings. The first-order valence-corrected chi connectivity index (χ1v) is 12.9. The van der Waals surface area contributed by atoms with Crippen LogP contribution in [0.15, 0.2) is 73.1 Å². The summed E-state index contributed by atoms with van der Waals surface area (Å²) in [5.74, 6) is 0.129. The van der Waals surface area contributed by atoms with Crippen LogP contribution >= 0.6 is 12.2 Å². The fourth-order valence-electron chi connectivity index (χ4n) is 5.11. The van der Waals surface area contributed by atoms with Crippen molar-refractivity contribution in [2.75, 3.05) is 11.9 Å². The Labute approximate surface area is 226 Å². The van der Waals surface area contributed by atoms with Gasteiger partial charge in [-0.05, 0) is 80.5 Å². The molecule has 1 amide bonds. The molecule has 7 nitrogen and oxygen atoms in total. The summed E-state index contributed by atoms with van der Waals surface area (Å²) in [6, 6.07) is 17.7. The maximum atomic E-state index is 14.1. The number of hydrogen-bond donors (Lipinski definition) is 2. The molecule has 0 bridgehead atoms. The Kier molecular flexibility index (Phi) is 7.20. The number of anilines is 1. The van der Waals surface area contributed by atoms with E-state index in [4.69, 9.17) is 12.2 Å². The number of halogens is 1. The van der Waals surface area contributed by atoms with E-state index in [9.17, 15) is 9.18 Å². The van der Waals surface area contributed by atoms with Crippen molar-refractivity contribution in [2.45, 2.75) is 39.3 Å². The number of benzene rings is 1. The fraction of sp³-hybridized carbons (Fsp3) is 0.241. The molecule has 3 aromatic heterocycles. The van der Waals surface area contributed by atoms with Crippen molar-refractivity contribution in [2.24, 2.45) is 0 Å². The number of para-hydroxylation sites is 1. The number of amides is 1. The quantitative estimate of drug-likeness (QED) is 0.316. The van der Waals surface area contributed by atoms with Crippen molar-refractivity contribution in [1.82, 2.24) is 24.8 Å². The molecule has 1 fully saturated rings. The lowest BCUT2D eigenvalue weighted by atomic mass is 9.96. The Hall–Kier alpha value is -4.11. The highest BCUT2D eigenvalue weighted by Gasteiger charge is 2.41. The minimum Gasteiger partial charge on any atom is -0.352 e. The van der Waals surface area contributed by atoms with E-state index in [0.717, 1.165) is 34.0 Å². The predicted octanol–water partition coefficient (Wildman–Crippen LogP) is 5.33. The van der Waals surface area contributed by atoms with Crippen LogP contribution in [0.2, 0.25) is 0 Å². The van der Waals surface area contributed by atoms with Gasteiger partial charge in [0.05, 0.1) is 23.5 Å². The van der Waals surface area contributed by atoms with Crippen molar-refractivity contribution in [3.05, 3.63) is 107 Å². The second-order valence-corrected chi connectivity index (χ2v) is 9.79. The molecule has 1 aliphatic heterocycles. The maximum absolute atomic E-state index is 14.1. The summed E-state index contributed by atoms with van der Waals surface area (Å²) in [6.45, 7) is 6.54. The summed E-state index contributed by atoms with van der Waals surface area (Å²) in [5, 5.41) is 6.65. The smallest absolute Gasteiger partial charge is 0.226 e. The number of thiocarbonyl (C=S) groups is 1. The maximum Gasteiger partial charge on any atom is 0.226 e. The molecule has 38 heavy (non-hydrogen) atoms. The summed E-state index contributed by atoms with van der Waals surface area (Å²) in [4.78, 5) is 24.1. The Bertz CT molecular complexity index is 1490. The van der Waals surface area contributed by atoms with E-state index in [1.807, 2.05) is 42.2 Å². The zero-order valence-corrected chi connectivity index (χ0v) is 22.3. The van der Waals surface area contributed by atoms with Gasteiger partial charge in [0, 0.05) is 36.7 Å². The van der Waals surface area contributed by atoms with Crippen LogP contribution in [0.25, 0.3) is 5.82 Å². The SMILES string of the molecule is Cc1cccnc1-n1c(C)cc([C@H]2[C@H](c3ccccn3)NC(=S)N2CCC(=O)Nc2ccccc2F)c1C. The molecule has 2 N–H and O–H groups in total. The average Bonchev–Trinajstić information content (AvgIpc) is 3.39. The number of aryl methyl sites for hydroxylation is 2. The molecule has 194 valence electrons. The van der Waals surface area contributed by atoms with Gasteiger partial charge in [0.2, 0.25) is 5.91 Å². The van der Waals surface area contributed by atoms with Gasteiger partial charge in [-0.1, -0.05) is 24.3 Å². The highest BCUT2D eigenvalue weighted by Crippen LogP contribution is 2.41. The van der Waals surface area contributed by atoms with Crippen LogP contribution in [-0.4, -0.2) is 37.0 Å². The lowest BCUT2D eigenvalue weighted by Crippen LogP contribution is -2.33. The number of hydrogen-bond acceptors (Lipinski definition) is 4. The van der Waals surface area contributed by atoms with Crippen molar-refractivity contribution in [1.29, 1.82) is 0 Å². The Balaban J connectivity index is 1.48. The molecule has 4 heterocycles. The molecule has 2 atom stereocenters. The van der Waals surface area contributed by atoms with Gasteiger partial charge in [-0.3, -0.25) is 9.78 Å². The number of carbonyl (C=O) groups excluding carboxylic acids is 1. The Morgan fingerprint density at radius 2 is 1.82 bits per heavy atom. The van der Waals surface area contributed by atoms with Crippen LogP contribution in [0.4, 0.5) is 10.1 Å². The molecule has 0 aliphatic carbocycles. The van der Waals surface area contributed by atoms with Crippen LogP contribution in [0, 0.1) is 26.6 Å². The molecule has 9 heteroatoms. The largest absolute Gasteiger partial charge is 0.352 e. The van der Waals surface area contributed by atoms with E-state index < -0.39 is 5.82 Å². The van der Waals surface area contributed by atoms with Gasteiger partial charge >= 0.3 is 0 Å². The number of nitrogens with one attached hydrogen (secondary N) is 2. The Morgan fingerprint density at radius 1 is 1.05 bits per heavy atom. The third kappa shape index (κ3) is 4.89. The number of pyridine rings is 2. The lowest BCUT2D eigenvalue weighted by molar-refractivity contribution is -0.116. The van der Waals surface area contributed by atoms with E-state index in [1.165, 1.54) is 6.07 Å². The minimum atomic E-state index is -0.468. The second-order valence-electron chi connectivity index (χ2n) is 9.40. The average molecular weight is 529 g/mol. The monoisotopic (exact) mass is 528 g/mol. The summed E-state index contributed by atoms with van der Waals surface area (Å²) in [7, 11) is 0. The molecule has 1 aromatic carbocycles. The minimum absolute atomic E-state index is 0.139. The first-order valence-electron chi connectivity index (χ1n) is 12.5. The molecule has 5 rings (SSSR count). The van der Waals surface area contributed by atoms with Crippen molar-refractivity contribution < 1.29 is 9.18 Å². The number of aromatic nitrogens is 3. The van der Waals surface area contributed by atoms with Crippen LogP contribution in [-0.2, 0) is 4.79 Å². The standard InChI is InChI=1S/C29H29FN6OS/c1-18-9-8-15-32-28(18)36-19(2)17-21(20(36)3)27-26(24-12-6-7-14-31-24)34-29(38)35(27)16-13-25(37)33-23-11-5-4-10-22(23)30/h4-12,14-15,17,26-27H,13,16H2,1-3H3,(H,33,37)(H,34,38)/t26-,27-/m0/s1. The molecular weight excluding hydrogens is 499 g/mol. The van der Waals surface area contributed by atoms with Gasteiger partial charge in [-0.2, -0.15) is 0 Å². The second kappa shape index (κ2) is 10.7. The molecular formula is C29H29FN6OS. The number of nitrogens with zero attached hydrogens (tertiary/aromatic N) is 4. The number of rotatable bonds is 7. The van der Waals surface area contributed by atoms with Gasteiger partial charge in [-0.15, -0.1) is 0 Å². The van der Waals surface area contributed by atoms with Crippen molar-refractivity contribution in [3.63, 3.8) is 0 Å². The summed E-state index contributed by atoms with van der Waals surface area (Å²) >= 11 is 5.77. The van der Waals surface area contributed by atoms with E-state index in [-0.39, 0.29) is 30.1 Å². The first-order chi connectivity index (χ1) is 18.3. The van der Waals surface area contributed by atoms with Gasteiger partial charge in [0.15, 0.2) is 5.11 Å². The van der Waals surface area contributed by atoms with Gasteiger partial charge in [0.1, 0.15) is 11.6 Å². The van der Waals surface area contributed by atoms with E-state index in [1.54, 1.807) is 30.6 Å². The predicted molar refractivity (Wildman–Crippen MR) is 150 cm³/mol. The highest BCUT2D eigenvalue weighted by molar-refractivity contribution is 7.80. The molecule has 0 saturated carbocycles. The summed E-state index contributed by atoms with van der Waals surface area (Å²) < 4.78 is 16.2. The third-order valence-corrected chi connectivity index (χ3v) is 7.26. The first kappa shape index (κ1) is 25.5. The summed E-state index contributed by atoms with van der Waals surface area (Å²) in [5.41, 5.74) is 5.26. The van der Waals surface area contributed by atoms with E-state index in [0.29, 0.717) is 11.7 Å². The molecule has 1 aliphatic rings.